The van der Waals surface area contributed by atoms with Crippen LogP contribution in [0.1, 0.15) is 11.1 Å². The number of rotatable bonds is 1. The van der Waals surface area contributed by atoms with Crippen LogP contribution in [0.25, 0.3) is 0 Å². The van der Waals surface area contributed by atoms with Crippen molar-refractivity contribution in [2.24, 2.45) is 0 Å². The zero-order chi connectivity index (χ0) is 13.6. The molecule has 19 heavy (non-hydrogen) atoms. The lowest BCUT2D eigenvalue weighted by atomic mass is 10.0. The molecule has 0 atom stereocenters. The number of hydrogen-bond donors (Lipinski definition) is 2. The average Bonchev–Trinajstić information content (AvgIpc) is 2.35. The minimum atomic E-state index is -0.487. The number of nitro benzene ring substituents is 1. The van der Waals surface area contributed by atoms with Crippen LogP contribution in [0.15, 0.2) is 24.3 Å². The van der Waals surface area contributed by atoms with E-state index in [1.807, 2.05) is 0 Å². The fourth-order valence-corrected chi connectivity index (χ4v) is 2.11. The first kappa shape index (κ1) is 11.3. The van der Waals surface area contributed by atoms with E-state index in [-0.39, 0.29) is 23.1 Å². The second kappa shape index (κ2) is 3.84. The van der Waals surface area contributed by atoms with Crippen molar-refractivity contribution in [3.8, 4) is 11.6 Å². The SMILES string of the molecule is Nc1cc(N)c2c(n1)Oc1c(cccc1[N+](=O)[O-])C2. The number of fused-ring (bicyclic) bond motifs is 2. The Kier molecular flexibility index (Phi) is 2.28. The summed E-state index contributed by atoms with van der Waals surface area (Å²) >= 11 is 0. The second-order valence-electron chi connectivity index (χ2n) is 4.22. The number of ether oxygens (including phenoxy) is 1. The molecule has 0 saturated carbocycles. The first-order chi connectivity index (χ1) is 9.06. The molecule has 96 valence electrons. The third-order valence-electron chi connectivity index (χ3n) is 2.98. The lowest BCUT2D eigenvalue weighted by molar-refractivity contribution is -0.385. The van der Waals surface area contributed by atoms with Crippen molar-refractivity contribution >= 4 is 17.2 Å². The summed E-state index contributed by atoms with van der Waals surface area (Å²) in [6.07, 6.45) is 0.436. The maximum atomic E-state index is 11.0. The molecule has 0 amide bonds. The van der Waals surface area contributed by atoms with Crippen molar-refractivity contribution in [3.05, 3.63) is 45.5 Å². The quantitative estimate of drug-likeness (QED) is 0.508. The Bertz CT molecular complexity index is 700. The number of nitrogens with two attached hydrogens (primary N) is 2. The van der Waals surface area contributed by atoms with Gasteiger partial charge < -0.3 is 16.2 Å². The average molecular weight is 258 g/mol. The van der Waals surface area contributed by atoms with Gasteiger partial charge in [0.25, 0.3) is 0 Å². The summed E-state index contributed by atoms with van der Waals surface area (Å²) in [7, 11) is 0. The molecule has 4 N–H and O–H groups in total. The smallest absolute Gasteiger partial charge is 0.311 e. The van der Waals surface area contributed by atoms with Gasteiger partial charge in [-0.1, -0.05) is 12.1 Å². The lowest BCUT2D eigenvalue weighted by Crippen LogP contribution is -2.10. The molecule has 2 heterocycles. The highest BCUT2D eigenvalue weighted by atomic mass is 16.6. The highest BCUT2D eigenvalue weighted by Crippen LogP contribution is 2.43. The van der Waals surface area contributed by atoms with Crippen molar-refractivity contribution < 1.29 is 9.66 Å². The highest BCUT2D eigenvalue weighted by molar-refractivity contribution is 5.65. The van der Waals surface area contributed by atoms with Gasteiger partial charge in [0.2, 0.25) is 11.6 Å². The van der Waals surface area contributed by atoms with Gasteiger partial charge in [0, 0.05) is 35.4 Å². The maximum Gasteiger partial charge on any atom is 0.311 e. The number of benzene rings is 1. The van der Waals surface area contributed by atoms with Crippen LogP contribution >= 0.6 is 0 Å². The van der Waals surface area contributed by atoms with Gasteiger partial charge >= 0.3 is 5.69 Å². The van der Waals surface area contributed by atoms with Gasteiger partial charge in [-0.3, -0.25) is 10.1 Å². The van der Waals surface area contributed by atoms with E-state index >= 15 is 0 Å². The summed E-state index contributed by atoms with van der Waals surface area (Å²) < 4.78 is 5.52. The zero-order valence-electron chi connectivity index (χ0n) is 9.79. The number of pyridine rings is 1. The van der Waals surface area contributed by atoms with E-state index in [2.05, 4.69) is 4.98 Å². The monoisotopic (exact) mass is 258 g/mol. The summed E-state index contributed by atoms with van der Waals surface area (Å²) in [6.45, 7) is 0. The number of nitrogen functional groups attached to an aromatic ring is 2. The summed E-state index contributed by atoms with van der Waals surface area (Å²) in [4.78, 5) is 14.5. The Labute approximate surface area is 108 Å². The standard InChI is InChI=1S/C12H10N4O3/c13-8-5-10(14)15-12-7(8)4-6-2-1-3-9(16(17)18)11(6)19-12/h1-3,5H,4H2,(H4,13,14,15). The summed E-state index contributed by atoms with van der Waals surface area (Å²) in [5, 5.41) is 11.0. The van der Waals surface area contributed by atoms with E-state index in [1.54, 1.807) is 18.2 Å². The van der Waals surface area contributed by atoms with E-state index in [9.17, 15) is 10.1 Å². The van der Waals surface area contributed by atoms with Crippen molar-refractivity contribution in [1.29, 1.82) is 0 Å². The van der Waals surface area contributed by atoms with Crippen molar-refractivity contribution in [3.63, 3.8) is 0 Å². The third-order valence-corrected chi connectivity index (χ3v) is 2.98. The third kappa shape index (κ3) is 1.71. The predicted molar refractivity (Wildman–Crippen MR) is 69.0 cm³/mol. The Hall–Kier alpha value is -2.83. The second-order valence-corrected chi connectivity index (χ2v) is 4.22. The lowest BCUT2D eigenvalue weighted by Gasteiger charge is -2.20. The normalized spacial score (nSPS) is 12.2. The molecule has 7 heteroatoms. The van der Waals surface area contributed by atoms with Crippen LogP contribution in [-0.2, 0) is 6.42 Å². The first-order valence-corrected chi connectivity index (χ1v) is 5.55. The molecule has 0 spiro atoms. The molecule has 0 aliphatic carbocycles. The molecule has 3 rings (SSSR count). The fraction of sp³-hybridized carbons (Fsp3) is 0.0833. The number of anilines is 2. The van der Waals surface area contributed by atoms with Gasteiger partial charge in [0.05, 0.1) is 4.92 Å². The topological polar surface area (TPSA) is 117 Å². The summed E-state index contributed by atoms with van der Waals surface area (Å²) in [6, 6.07) is 6.32. The number of para-hydroxylation sites is 1. The van der Waals surface area contributed by atoms with Crippen LogP contribution in [0.2, 0.25) is 0 Å². The van der Waals surface area contributed by atoms with Gasteiger partial charge in [0.15, 0.2) is 0 Å². The van der Waals surface area contributed by atoms with Crippen LogP contribution in [0.5, 0.6) is 11.6 Å². The number of aromatic nitrogens is 1. The predicted octanol–water partition coefficient (Wildman–Crippen LogP) is 1.85. The molecule has 7 nitrogen and oxygen atoms in total. The number of nitrogens with zero attached hydrogens (tertiary/aromatic N) is 2. The summed E-state index contributed by atoms with van der Waals surface area (Å²) in [5.41, 5.74) is 13.2. The Balaban J connectivity index is 2.17. The Morgan fingerprint density at radius 3 is 2.89 bits per heavy atom. The van der Waals surface area contributed by atoms with Crippen LogP contribution in [0, 0.1) is 10.1 Å². The van der Waals surface area contributed by atoms with Gasteiger partial charge in [0.1, 0.15) is 5.82 Å². The van der Waals surface area contributed by atoms with E-state index < -0.39 is 4.92 Å². The van der Waals surface area contributed by atoms with Gasteiger partial charge in [-0.25, -0.2) is 0 Å². The summed E-state index contributed by atoms with van der Waals surface area (Å²) in [5.74, 6) is 0.662. The highest BCUT2D eigenvalue weighted by Gasteiger charge is 2.27. The molecular weight excluding hydrogens is 248 g/mol. The van der Waals surface area contributed by atoms with Crippen LogP contribution in [0.4, 0.5) is 17.2 Å². The maximum absolute atomic E-state index is 11.0. The van der Waals surface area contributed by atoms with Crippen LogP contribution < -0.4 is 16.2 Å². The minimum Gasteiger partial charge on any atom is -0.431 e. The molecule has 1 aliphatic rings. The largest absolute Gasteiger partial charge is 0.431 e. The van der Waals surface area contributed by atoms with Gasteiger partial charge in [-0.2, -0.15) is 4.98 Å². The molecule has 0 radical (unpaired) electrons. The van der Waals surface area contributed by atoms with Crippen molar-refractivity contribution in [2.45, 2.75) is 6.42 Å². The molecule has 0 bridgehead atoms. The van der Waals surface area contributed by atoms with E-state index in [0.29, 0.717) is 23.2 Å². The van der Waals surface area contributed by atoms with Gasteiger partial charge in [-0.05, 0) is 0 Å². The van der Waals surface area contributed by atoms with E-state index in [0.717, 1.165) is 0 Å². The van der Waals surface area contributed by atoms with Crippen LogP contribution in [-0.4, -0.2) is 9.91 Å². The van der Waals surface area contributed by atoms with E-state index in [4.69, 9.17) is 16.2 Å². The van der Waals surface area contributed by atoms with E-state index in [1.165, 1.54) is 6.07 Å². The molecule has 1 aliphatic heterocycles. The van der Waals surface area contributed by atoms with Gasteiger partial charge in [-0.15, -0.1) is 0 Å². The molecule has 1 aromatic carbocycles. The van der Waals surface area contributed by atoms with Crippen molar-refractivity contribution in [1.82, 2.24) is 4.98 Å². The molecule has 2 aromatic rings. The molecule has 0 saturated heterocycles. The first-order valence-electron chi connectivity index (χ1n) is 5.55. The molecule has 0 unspecified atom stereocenters. The minimum absolute atomic E-state index is 0.0917. The number of nitro groups is 1. The Morgan fingerprint density at radius 1 is 1.37 bits per heavy atom. The molecule has 1 aromatic heterocycles. The molecule has 0 fully saturated rings. The van der Waals surface area contributed by atoms with Crippen molar-refractivity contribution in [2.75, 3.05) is 11.5 Å². The fourth-order valence-electron chi connectivity index (χ4n) is 2.11. The van der Waals surface area contributed by atoms with Crippen LogP contribution in [0.3, 0.4) is 0 Å². The zero-order valence-corrected chi connectivity index (χ0v) is 9.79. The Morgan fingerprint density at radius 2 is 2.16 bits per heavy atom. The number of hydrogen-bond acceptors (Lipinski definition) is 6. The molecular formula is C12H10N4O3.